The average molecular weight is 372 g/mol. The topological polar surface area (TPSA) is 122 Å². The van der Waals surface area contributed by atoms with Gasteiger partial charge >= 0.3 is 0 Å². The van der Waals surface area contributed by atoms with Gasteiger partial charge in [0, 0.05) is 30.2 Å². The third kappa shape index (κ3) is 3.04. The summed E-state index contributed by atoms with van der Waals surface area (Å²) in [6.45, 7) is 0.253. The standard InChI is InChI=1S/C18H20N4O5/c1-23-8-11-16-15(10(7-19)17(20)27-18(16)22-21-11)9-5-13(25-3)14(26-4)6-12(9)24-2/h5-6,10,15,20H,8H2,1-4H3,(H,21,22). The van der Waals surface area contributed by atoms with Gasteiger partial charge in [0.05, 0.1) is 39.7 Å². The van der Waals surface area contributed by atoms with Crippen molar-refractivity contribution in [1.29, 1.82) is 10.7 Å². The number of nitriles is 1. The van der Waals surface area contributed by atoms with E-state index in [1.54, 1.807) is 19.2 Å². The Hall–Kier alpha value is -3.25. The van der Waals surface area contributed by atoms with Crippen LogP contribution in [0.4, 0.5) is 0 Å². The fraction of sp³-hybridized carbons (Fsp3) is 0.389. The minimum atomic E-state index is -0.863. The summed E-state index contributed by atoms with van der Waals surface area (Å²) < 4.78 is 27.0. The molecule has 1 aromatic carbocycles. The van der Waals surface area contributed by atoms with Gasteiger partial charge in [-0.1, -0.05) is 0 Å². The molecule has 0 amide bonds. The van der Waals surface area contributed by atoms with Gasteiger partial charge in [0.15, 0.2) is 11.5 Å². The average Bonchev–Trinajstić information content (AvgIpc) is 3.08. The number of methoxy groups -OCH3 is 4. The van der Waals surface area contributed by atoms with Crippen LogP contribution in [0, 0.1) is 22.7 Å². The molecule has 1 aliphatic heterocycles. The quantitative estimate of drug-likeness (QED) is 0.797. The van der Waals surface area contributed by atoms with Gasteiger partial charge in [-0.2, -0.15) is 5.26 Å². The van der Waals surface area contributed by atoms with Crippen LogP contribution in [-0.4, -0.2) is 44.5 Å². The Morgan fingerprint density at radius 2 is 1.81 bits per heavy atom. The number of nitrogens with zero attached hydrogens (tertiary/aromatic N) is 2. The largest absolute Gasteiger partial charge is 0.496 e. The monoisotopic (exact) mass is 372 g/mol. The van der Waals surface area contributed by atoms with Crippen molar-refractivity contribution in [2.75, 3.05) is 28.4 Å². The third-order valence-electron chi connectivity index (χ3n) is 4.48. The van der Waals surface area contributed by atoms with Crippen LogP contribution in [0.3, 0.4) is 0 Å². The highest BCUT2D eigenvalue weighted by Crippen LogP contribution is 2.48. The Labute approximate surface area is 156 Å². The molecule has 0 aliphatic carbocycles. The van der Waals surface area contributed by atoms with E-state index in [1.165, 1.54) is 21.3 Å². The van der Waals surface area contributed by atoms with E-state index in [1.807, 2.05) is 0 Å². The summed E-state index contributed by atoms with van der Waals surface area (Å²) in [5.74, 6) is 0.146. The summed E-state index contributed by atoms with van der Waals surface area (Å²) >= 11 is 0. The lowest BCUT2D eigenvalue weighted by molar-refractivity contribution is 0.180. The van der Waals surface area contributed by atoms with Crippen molar-refractivity contribution in [1.82, 2.24) is 10.2 Å². The van der Waals surface area contributed by atoms with Gasteiger partial charge in [-0.05, 0) is 6.07 Å². The second-order valence-electron chi connectivity index (χ2n) is 5.85. The van der Waals surface area contributed by atoms with Crippen molar-refractivity contribution in [3.05, 3.63) is 29.0 Å². The summed E-state index contributed by atoms with van der Waals surface area (Å²) in [6.07, 6.45) is 0. The highest BCUT2D eigenvalue weighted by molar-refractivity contribution is 5.85. The van der Waals surface area contributed by atoms with Crippen molar-refractivity contribution in [3.63, 3.8) is 0 Å². The number of nitrogens with one attached hydrogen (secondary N) is 2. The van der Waals surface area contributed by atoms with E-state index in [-0.39, 0.29) is 18.4 Å². The second-order valence-corrected chi connectivity index (χ2v) is 5.85. The molecule has 0 spiro atoms. The van der Waals surface area contributed by atoms with Gasteiger partial charge in [0.1, 0.15) is 11.7 Å². The number of aromatic nitrogens is 2. The van der Waals surface area contributed by atoms with Gasteiger partial charge in [-0.3, -0.25) is 10.5 Å². The molecular weight excluding hydrogens is 352 g/mol. The van der Waals surface area contributed by atoms with E-state index in [9.17, 15) is 5.26 Å². The number of benzene rings is 1. The molecular formula is C18H20N4O5. The van der Waals surface area contributed by atoms with Gasteiger partial charge in [0.2, 0.25) is 11.8 Å². The molecule has 0 fully saturated rings. The number of aromatic amines is 1. The lowest BCUT2D eigenvalue weighted by Crippen LogP contribution is -2.31. The fourth-order valence-corrected chi connectivity index (χ4v) is 3.27. The molecule has 0 saturated heterocycles. The zero-order valence-electron chi connectivity index (χ0n) is 15.5. The molecule has 2 aromatic rings. The van der Waals surface area contributed by atoms with Gasteiger partial charge < -0.3 is 23.7 Å². The third-order valence-corrected chi connectivity index (χ3v) is 4.48. The lowest BCUT2D eigenvalue weighted by Gasteiger charge is -2.29. The minimum absolute atomic E-state index is 0.178. The van der Waals surface area contributed by atoms with E-state index >= 15 is 0 Å². The van der Waals surface area contributed by atoms with Crippen LogP contribution in [0.25, 0.3) is 0 Å². The van der Waals surface area contributed by atoms with E-state index in [0.29, 0.717) is 34.1 Å². The first-order chi connectivity index (χ1) is 13.1. The number of rotatable bonds is 6. The summed E-state index contributed by atoms with van der Waals surface area (Å²) in [7, 11) is 6.15. The van der Waals surface area contributed by atoms with E-state index < -0.39 is 11.8 Å². The van der Waals surface area contributed by atoms with Crippen molar-refractivity contribution in [2.24, 2.45) is 5.92 Å². The summed E-state index contributed by atoms with van der Waals surface area (Å²) in [5, 5.41) is 24.9. The Balaban J connectivity index is 2.27. The van der Waals surface area contributed by atoms with Gasteiger partial charge in [-0.25, -0.2) is 0 Å². The van der Waals surface area contributed by atoms with Crippen LogP contribution in [-0.2, 0) is 11.3 Å². The number of hydrogen-bond donors (Lipinski definition) is 2. The van der Waals surface area contributed by atoms with Crippen molar-refractivity contribution in [2.45, 2.75) is 12.5 Å². The Bertz CT molecular complexity index is 902. The zero-order chi connectivity index (χ0) is 19.6. The molecule has 3 rings (SSSR count). The van der Waals surface area contributed by atoms with E-state index in [0.717, 1.165) is 0 Å². The molecule has 2 N–H and O–H groups in total. The molecule has 9 heteroatoms. The van der Waals surface area contributed by atoms with Gasteiger partial charge in [-0.15, -0.1) is 5.10 Å². The molecule has 0 saturated carbocycles. The number of ether oxygens (including phenoxy) is 5. The molecule has 142 valence electrons. The van der Waals surface area contributed by atoms with Gasteiger partial charge in [0.25, 0.3) is 0 Å². The van der Waals surface area contributed by atoms with Crippen LogP contribution >= 0.6 is 0 Å². The highest BCUT2D eigenvalue weighted by atomic mass is 16.5. The Morgan fingerprint density at radius 3 is 2.41 bits per heavy atom. The van der Waals surface area contributed by atoms with Crippen LogP contribution in [0.1, 0.15) is 22.7 Å². The van der Waals surface area contributed by atoms with Crippen LogP contribution in [0.5, 0.6) is 23.1 Å². The van der Waals surface area contributed by atoms with Crippen LogP contribution in [0.2, 0.25) is 0 Å². The Morgan fingerprint density at radius 1 is 1.15 bits per heavy atom. The molecule has 27 heavy (non-hydrogen) atoms. The van der Waals surface area contributed by atoms with Crippen molar-refractivity contribution < 1.29 is 23.7 Å². The number of hydrogen-bond acceptors (Lipinski definition) is 8. The van der Waals surface area contributed by atoms with E-state index in [2.05, 4.69) is 16.3 Å². The first kappa shape index (κ1) is 18.5. The predicted octanol–water partition coefficient (Wildman–Crippen LogP) is 2.22. The summed E-state index contributed by atoms with van der Waals surface area (Å²) in [4.78, 5) is 0. The van der Waals surface area contributed by atoms with Crippen LogP contribution in [0.15, 0.2) is 12.1 Å². The minimum Gasteiger partial charge on any atom is -0.496 e. The maximum atomic E-state index is 9.74. The normalized spacial score (nSPS) is 18.3. The lowest BCUT2D eigenvalue weighted by atomic mass is 9.79. The molecule has 0 bridgehead atoms. The molecule has 2 unspecified atom stereocenters. The molecule has 1 aliphatic rings. The highest BCUT2D eigenvalue weighted by Gasteiger charge is 2.42. The maximum absolute atomic E-state index is 9.74. The first-order valence-electron chi connectivity index (χ1n) is 8.11. The smallest absolute Gasteiger partial charge is 0.243 e. The van der Waals surface area contributed by atoms with Crippen molar-refractivity contribution in [3.8, 4) is 29.2 Å². The fourth-order valence-electron chi connectivity index (χ4n) is 3.27. The molecule has 1 aromatic heterocycles. The molecule has 2 atom stereocenters. The first-order valence-corrected chi connectivity index (χ1v) is 8.11. The molecule has 0 radical (unpaired) electrons. The predicted molar refractivity (Wildman–Crippen MR) is 94.7 cm³/mol. The Kier molecular flexibility index (Phi) is 5.19. The maximum Gasteiger partial charge on any atom is 0.243 e. The summed E-state index contributed by atoms with van der Waals surface area (Å²) in [5.41, 5.74) is 1.99. The SMILES string of the molecule is COCc1[nH]nc2c1C(c1cc(OC)c(OC)cc1OC)C(C#N)C(=N)O2. The van der Waals surface area contributed by atoms with Crippen molar-refractivity contribution >= 4 is 5.90 Å². The molecule has 9 nitrogen and oxygen atoms in total. The number of H-pyrrole nitrogens is 1. The summed E-state index contributed by atoms with van der Waals surface area (Å²) in [6, 6.07) is 5.60. The van der Waals surface area contributed by atoms with Crippen LogP contribution < -0.4 is 18.9 Å². The number of fused-ring (bicyclic) bond motifs is 1. The van der Waals surface area contributed by atoms with E-state index in [4.69, 9.17) is 29.1 Å². The second kappa shape index (κ2) is 7.55. The molecule has 2 heterocycles. The zero-order valence-corrected chi connectivity index (χ0v) is 15.5.